The average Bonchev–Trinajstić information content (AvgIpc) is 2.70. The second kappa shape index (κ2) is 5.69. The van der Waals surface area contributed by atoms with E-state index in [0.717, 1.165) is 21.2 Å². The van der Waals surface area contributed by atoms with E-state index < -0.39 is 0 Å². The lowest BCUT2D eigenvalue weighted by molar-refractivity contribution is -0.131. The molecule has 1 heterocycles. The number of carbonyl (C=O) groups excluding carboxylic acids is 2. The Morgan fingerprint density at radius 3 is 2.94 bits per heavy atom. The van der Waals surface area contributed by atoms with Crippen molar-refractivity contribution in [2.24, 2.45) is 0 Å². The van der Waals surface area contributed by atoms with Crippen LogP contribution in [0.25, 0.3) is 0 Å². The van der Waals surface area contributed by atoms with Gasteiger partial charge in [0.05, 0.1) is 6.54 Å². The highest BCUT2D eigenvalue weighted by Crippen LogP contribution is 2.18. The topological polar surface area (TPSA) is 49.4 Å². The molecular weight excluding hydrogens is 343 g/mol. The van der Waals surface area contributed by atoms with Crippen molar-refractivity contribution in [1.82, 2.24) is 4.90 Å². The molecule has 1 saturated heterocycles. The van der Waals surface area contributed by atoms with Crippen LogP contribution in [0, 0.1) is 10.5 Å². The first-order valence-corrected chi connectivity index (χ1v) is 6.98. The molecule has 1 fully saturated rings. The third kappa shape index (κ3) is 3.22. The number of carbonyl (C=O) groups is 2. The fraction of sp³-hybridized carbons (Fsp3) is 0.385. The minimum absolute atomic E-state index is 0.0736. The third-order valence-electron chi connectivity index (χ3n) is 2.98. The number of rotatable bonds is 3. The minimum Gasteiger partial charge on any atom is -0.333 e. The summed E-state index contributed by atoms with van der Waals surface area (Å²) >= 11 is 2.21. The van der Waals surface area contributed by atoms with Gasteiger partial charge in [-0.25, -0.2) is 0 Å². The SMILES string of the molecule is Cc1ccc(I)cc1NC(=O)CN1CCCC1=O. The van der Waals surface area contributed by atoms with E-state index in [2.05, 4.69) is 27.9 Å². The predicted molar refractivity (Wildman–Crippen MR) is 78.3 cm³/mol. The second-order valence-electron chi connectivity index (χ2n) is 4.43. The standard InChI is InChI=1S/C13H15IN2O2/c1-9-4-5-10(14)7-11(9)15-12(17)8-16-6-2-3-13(16)18/h4-5,7H,2-3,6,8H2,1H3,(H,15,17). The number of nitrogens with zero attached hydrogens (tertiary/aromatic N) is 1. The highest BCUT2D eigenvalue weighted by molar-refractivity contribution is 14.1. The first-order valence-electron chi connectivity index (χ1n) is 5.90. The van der Waals surface area contributed by atoms with Gasteiger partial charge in [-0.05, 0) is 53.6 Å². The van der Waals surface area contributed by atoms with Crippen LogP contribution in [0.1, 0.15) is 18.4 Å². The molecule has 2 amide bonds. The molecule has 1 aliphatic heterocycles. The van der Waals surface area contributed by atoms with E-state index >= 15 is 0 Å². The van der Waals surface area contributed by atoms with Crippen molar-refractivity contribution in [1.29, 1.82) is 0 Å². The van der Waals surface area contributed by atoms with E-state index in [1.165, 1.54) is 0 Å². The van der Waals surface area contributed by atoms with Gasteiger partial charge in [0.1, 0.15) is 0 Å². The van der Waals surface area contributed by atoms with Crippen molar-refractivity contribution in [3.05, 3.63) is 27.3 Å². The van der Waals surface area contributed by atoms with Crippen molar-refractivity contribution < 1.29 is 9.59 Å². The van der Waals surface area contributed by atoms with Crippen molar-refractivity contribution in [2.75, 3.05) is 18.4 Å². The molecule has 0 atom stereocenters. The van der Waals surface area contributed by atoms with Crippen LogP contribution in [0.2, 0.25) is 0 Å². The number of halogens is 1. The smallest absolute Gasteiger partial charge is 0.244 e. The molecular formula is C13H15IN2O2. The van der Waals surface area contributed by atoms with Gasteiger partial charge >= 0.3 is 0 Å². The van der Waals surface area contributed by atoms with Gasteiger partial charge in [0.15, 0.2) is 0 Å². The Morgan fingerprint density at radius 1 is 1.50 bits per heavy atom. The van der Waals surface area contributed by atoms with E-state index in [-0.39, 0.29) is 18.4 Å². The maximum Gasteiger partial charge on any atom is 0.244 e. The molecule has 1 aromatic rings. The van der Waals surface area contributed by atoms with E-state index in [0.29, 0.717) is 13.0 Å². The third-order valence-corrected chi connectivity index (χ3v) is 3.65. The normalized spacial score (nSPS) is 15.0. The van der Waals surface area contributed by atoms with Crippen LogP contribution in [0.5, 0.6) is 0 Å². The average molecular weight is 358 g/mol. The molecule has 4 nitrogen and oxygen atoms in total. The summed E-state index contributed by atoms with van der Waals surface area (Å²) in [5, 5.41) is 2.86. The summed E-state index contributed by atoms with van der Waals surface area (Å²) in [7, 11) is 0. The Kier molecular flexibility index (Phi) is 4.21. The van der Waals surface area contributed by atoms with Crippen LogP contribution in [-0.2, 0) is 9.59 Å². The number of aryl methyl sites for hydroxylation is 1. The molecule has 0 bridgehead atoms. The number of hydrogen-bond acceptors (Lipinski definition) is 2. The number of nitrogens with one attached hydrogen (secondary N) is 1. The minimum atomic E-state index is -0.129. The second-order valence-corrected chi connectivity index (χ2v) is 5.67. The number of anilines is 1. The molecule has 0 unspecified atom stereocenters. The number of hydrogen-bond donors (Lipinski definition) is 1. The first kappa shape index (κ1) is 13.3. The number of likely N-dealkylation sites (tertiary alicyclic amines) is 1. The zero-order valence-corrected chi connectivity index (χ0v) is 12.4. The largest absolute Gasteiger partial charge is 0.333 e. The monoisotopic (exact) mass is 358 g/mol. The fourth-order valence-electron chi connectivity index (χ4n) is 1.96. The summed E-state index contributed by atoms with van der Waals surface area (Å²) in [4.78, 5) is 24.9. The van der Waals surface area contributed by atoms with Gasteiger partial charge in [-0.3, -0.25) is 9.59 Å². The lowest BCUT2D eigenvalue weighted by atomic mass is 10.2. The van der Waals surface area contributed by atoms with Crippen molar-refractivity contribution in [2.45, 2.75) is 19.8 Å². The fourth-order valence-corrected chi connectivity index (χ4v) is 2.45. The van der Waals surface area contributed by atoms with Gasteiger partial charge in [-0.1, -0.05) is 6.07 Å². The highest BCUT2D eigenvalue weighted by atomic mass is 127. The van der Waals surface area contributed by atoms with Crippen molar-refractivity contribution in [3.63, 3.8) is 0 Å². The quantitative estimate of drug-likeness (QED) is 0.842. The lowest BCUT2D eigenvalue weighted by Gasteiger charge is -2.15. The van der Waals surface area contributed by atoms with Crippen LogP contribution < -0.4 is 5.32 Å². The zero-order valence-electron chi connectivity index (χ0n) is 10.2. The van der Waals surface area contributed by atoms with Gasteiger partial charge in [-0.2, -0.15) is 0 Å². The molecule has 0 aromatic heterocycles. The van der Waals surface area contributed by atoms with Gasteiger partial charge in [0, 0.05) is 22.2 Å². The summed E-state index contributed by atoms with van der Waals surface area (Å²) in [5.41, 5.74) is 1.84. The summed E-state index contributed by atoms with van der Waals surface area (Å²) in [5.74, 6) is -0.0557. The van der Waals surface area contributed by atoms with Gasteiger partial charge in [0.25, 0.3) is 0 Å². The molecule has 5 heteroatoms. The molecule has 96 valence electrons. The van der Waals surface area contributed by atoms with E-state index in [1.807, 2.05) is 25.1 Å². The van der Waals surface area contributed by atoms with Crippen LogP contribution in [0.15, 0.2) is 18.2 Å². The number of benzene rings is 1. The summed E-state index contributed by atoms with van der Waals surface area (Å²) in [6, 6.07) is 5.90. The molecule has 0 radical (unpaired) electrons. The van der Waals surface area contributed by atoms with Crippen molar-refractivity contribution >= 4 is 40.1 Å². The van der Waals surface area contributed by atoms with Gasteiger partial charge in [-0.15, -0.1) is 0 Å². The lowest BCUT2D eigenvalue weighted by Crippen LogP contribution is -2.34. The Balaban J connectivity index is 1.98. The van der Waals surface area contributed by atoms with Crippen LogP contribution >= 0.6 is 22.6 Å². The maximum atomic E-state index is 11.9. The van der Waals surface area contributed by atoms with E-state index in [9.17, 15) is 9.59 Å². The molecule has 0 saturated carbocycles. The summed E-state index contributed by atoms with van der Waals surface area (Å²) < 4.78 is 1.07. The highest BCUT2D eigenvalue weighted by Gasteiger charge is 2.22. The molecule has 1 aromatic carbocycles. The Morgan fingerprint density at radius 2 is 2.28 bits per heavy atom. The molecule has 2 rings (SSSR count). The van der Waals surface area contributed by atoms with Crippen LogP contribution in [0.4, 0.5) is 5.69 Å². The molecule has 1 aliphatic rings. The Bertz CT molecular complexity index is 488. The van der Waals surface area contributed by atoms with Gasteiger partial charge < -0.3 is 10.2 Å². The van der Waals surface area contributed by atoms with Gasteiger partial charge in [0.2, 0.25) is 11.8 Å². The first-order chi connectivity index (χ1) is 8.56. The Labute approximate surface area is 120 Å². The number of amides is 2. The van der Waals surface area contributed by atoms with Crippen LogP contribution in [-0.4, -0.2) is 29.8 Å². The zero-order chi connectivity index (χ0) is 13.1. The van der Waals surface area contributed by atoms with E-state index in [1.54, 1.807) is 4.90 Å². The van der Waals surface area contributed by atoms with Crippen molar-refractivity contribution in [3.8, 4) is 0 Å². The summed E-state index contributed by atoms with van der Waals surface area (Å²) in [6.45, 7) is 2.80. The van der Waals surface area contributed by atoms with Crippen LogP contribution in [0.3, 0.4) is 0 Å². The molecule has 0 aliphatic carbocycles. The molecule has 1 N–H and O–H groups in total. The predicted octanol–water partition coefficient (Wildman–Crippen LogP) is 2.16. The maximum absolute atomic E-state index is 11.9. The molecule has 18 heavy (non-hydrogen) atoms. The Hall–Kier alpha value is -1.11. The summed E-state index contributed by atoms with van der Waals surface area (Å²) in [6.07, 6.45) is 1.42. The van der Waals surface area contributed by atoms with E-state index in [4.69, 9.17) is 0 Å². The molecule has 0 spiro atoms.